The third-order valence-electron chi connectivity index (χ3n) is 3.84. The van der Waals surface area contributed by atoms with Crippen LogP contribution in [-0.2, 0) is 0 Å². The van der Waals surface area contributed by atoms with E-state index in [-0.39, 0.29) is 5.82 Å². The van der Waals surface area contributed by atoms with E-state index in [1.807, 2.05) is 30.6 Å². The fourth-order valence-electron chi connectivity index (χ4n) is 2.50. The Hall–Kier alpha value is -2.82. The number of fused-ring (bicyclic) bond motifs is 2. The molecule has 3 aromatic heterocycles. The lowest BCUT2D eigenvalue weighted by Crippen LogP contribution is -1.96. The molecule has 0 spiro atoms. The summed E-state index contributed by atoms with van der Waals surface area (Å²) < 4.78 is 14.8. The highest BCUT2D eigenvalue weighted by Gasteiger charge is 2.04. The van der Waals surface area contributed by atoms with Crippen molar-refractivity contribution in [3.8, 4) is 0 Å². The topological polar surface area (TPSA) is 43.1 Å². The standard InChI is InChI=1S/C10H13N3.C9H6FN.C2H6/c1-7(2)9-4-8(3)10-11-6-12-13(10)5-9;10-8-5-6-11-9-4-2-1-3-7(8)9;1-2/h4-7H,1-3H3;1-6H;1-2H3. The maximum Gasteiger partial charge on any atom is 0.158 e. The van der Waals surface area contributed by atoms with Gasteiger partial charge in [-0.3, -0.25) is 4.98 Å². The van der Waals surface area contributed by atoms with E-state index in [0.717, 1.165) is 5.65 Å². The molecular weight excluding hydrogens is 327 g/mol. The number of benzene rings is 1. The van der Waals surface area contributed by atoms with Gasteiger partial charge in [0, 0.05) is 17.8 Å². The molecule has 4 rings (SSSR count). The van der Waals surface area contributed by atoms with Crippen molar-refractivity contribution >= 4 is 16.6 Å². The third-order valence-corrected chi connectivity index (χ3v) is 3.84. The van der Waals surface area contributed by atoms with E-state index in [1.54, 1.807) is 24.5 Å². The first-order chi connectivity index (χ1) is 12.6. The molecule has 0 saturated heterocycles. The highest BCUT2D eigenvalue weighted by Crippen LogP contribution is 2.17. The first-order valence-electron chi connectivity index (χ1n) is 8.85. The number of nitrogens with zero attached hydrogens (tertiary/aromatic N) is 4. The van der Waals surface area contributed by atoms with E-state index in [0.29, 0.717) is 16.8 Å². The van der Waals surface area contributed by atoms with Crippen LogP contribution < -0.4 is 0 Å². The zero-order valence-corrected chi connectivity index (χ0v) is 15.9. The summed E-state index contributed by atoms with van der Waals surface area (Å²) in [7, 11) is 0. The Morgan fingerprint density at radius 3 is 2.46 bits per heavy atom. The molecule has 0 radical (unpaired) electrons. The smallest absolute Gasteiger partial charge is 0.158 e. The predicted molar refractivity (Wildman–Crippen MR) is 105 cm³/mol. The SMILES string of the molecule is CC.Cc1cc(C(C)C)cn2ncnc12.Fc1ccnc2ccccc12. The summed E-state index contributed by atoms with van der Waals surface area (Å²) in [6.45, 7) is 10.4. The average Bonchev–Trinajstić information content (AvgIpc) is 3.14. The number of hydrogen-bond donors (Lipinski definition) is 0. The van der Waals surface area contributed by atoms with Crippen LogP contribution in [0.5, 0.6) is 0 Å². The first kappa shape index (κ1) is 19.5. The van der Waals surface area contributed by atoms with Gasteiger partial charge in [0.05, 0.1) is 5.52 Å². The quantitative estimate of drug-likeness (QED) is 0.450. The normalized spacial score (nSPS) is 10.3. The number of para-hydroxylation sites is 1. The van der Waals surface area contributed by atoms with E-state index in [9.17, 15) is 4.39 Å². The summed E-state index contributed by atoms with van der Waals surface area (Å²) in [5.41, 5.74) is 4.14. The van der Waals surface area contributed by atoms with Crippen LogP contribution in [0.2, 0.25) is 0 Å². The van der Waals surface area contributed by atoms with Crippen molar-refractivity contribution in [3.63, 3.8) is 0 Å². The molecule has 3 heterocycles. The molecule has 5 heteroatoms. The molecule has 0 aliphatic rings. The Morgan fingerprint density at radius 2 is 1.77 bits per heavy atom. The molecule has 0 atom stereocenters. The lowest BCUT2D eigenvalue weighted by Gasteiger charge is -2.06. The zero-order chi connectivity index (χ0) is 19.1. The van der Waals surface area contributed by atoms with Crippen molar-refractivity contribution in [2.75, 3.05) is 0 Å². The highest BCUT2D eigenvalue weighted by atomic mass is 19.1. The van der Waals surface area contributed by atoms with Crippen molar-refractivity contribution < 1.29 is 4.39 Å². The highest BCUT2D eigenvalue weighted by molar-refractivity contribution is 5.78. The van der Waals surface area contributed by atoms with Gasteiger partial charge in [0.15, 0.2) is 5.65 Å². The number of aromatic nitrogens is 4. The van der Waals surface area contributed by atoms with Crippen LogP contribution in [0, 0.1) is 12.7 Å². The second kappa shape index (κ2) is 9.04. The molecule has 0 aliphatic heterocycles. The van der Waals surface area contributed by atoms with Gasteiger partial charge in [-0.2, -0.15) is 5.10 Å². The van der Waals surface area contributed by atoms with Crippen molar-refractivity contribution in [2.45, 2.75) is 40.5 Å². The summed E-state index contributed by atoms with van der Waals surface area (Å²) >= 11 is 0. The van der Waals surface area contributed by atoms with Gasteiger partial charge in [-0.25, -0.2) is 13.9 Å². The maximum atomic E-state index is 12.9. The van der Waals surface area contributed by atoms with Crippen LogP contribution in [-0.4, -0.2) is 19.6 Å². The van der Waals surface area contributed by atoms with Crippen LogP contribution in [0.3, 0.4) is 0 Å². The molecule has 0 saturated carbocycles. The summed E-state index contributed by atoms with van der Waals surface area (Å²) in [5, 5.41) is 4.71. The summed E-state index contributed by atoms with van der Waals surface area (Å²) in [5.74, 6) is 0.322. The number of aryl methyl sites for hydroxylation is 1. The monoisotopic (exact) mass is 352 g/mol. The Kier molecular flexibility index (Phi) is 6.78. The zero-order valence-electron chi connectivity index (χ0n) is 15.9. The van der Waals surface area contributed by atoms with Crippen LogP contribution >= 0.6 is 0 Å². The fraction of sp³-hybridized carbons (Fsp3) is 0.286. The lowest BCUT2D eigenvalue weighted by molar-refractivity contribution is 0.638. The van der Waals surface area contributed by atoms with Gasteiger partial charge in [0.2, 0.25) is 0 Å². The molecule has 4 nitrogen and oxygen atoms in total. The Morgan fingerprint density at radius 1 is 1.04 bits per heavy atom. The van der Waals surface area contributed by atoms with Crippen LogP contribution in [0.25, 0.3) is 16.6 Å². The molecule has 136 valence electrons. The first-order valence-corrected chi connectivity index (χ1v) is 8.85. The predicted octanol–water partition coefficient (Wildman–Crippen LogP) is 5.56. The van der Waals surface area contributed by atoms with E-state index in [1.165, 1.54) is 23.4 Å². The minimum Gasteiger partial charge on any atom is -0.256 e. The van der Waals surface area contributed by atoms with Gasteiger partial charge in [0.25, 0.3) is 0 Å². The maximum absolute atomic E-state index is 12.9. The minimum absolute atomic E-state index is 0.212. The summed E-state index contributed by atoms with van der Waals surface area (Å²) in [6.07, 6.45) is 5.10. The Bertz CT molecular complexity index is 971. The van der Waals surface area contributed by atoms with Crippen LogP contribution in [0.15, 0.2) is 55.1 Å². The second-order valence-corrected chi connectivity index (χ2v) is 5.95. The summed E-state index contributed by atoms with van der Waals surface area (Å²) in [6, 6.07) is 10.7. The molecule has 0 bridgehead atoms. The number of rotatable bonds is 1. The van der Waals surface area contributed by atoms with E-state index < -0.39 is 0 Å². The molecule has 1 aromatic carbocycles. The Labute approximate surface area is 153 Å². The lowest BCUT2D eigenvalue weighted by atomic mass is 10.0. The molecule has 0 unspecified atom stereocenters. The molecule has 0 aliphatic carbocycles. The number of halogens is 1. The second-order valence-electron chi connectivity index (χ2n) is 5.95. The van der Waals surface area contributed by atoms with Gasteiger partial charge in [0.1, 0.15) is 12.1 Å². The summed E-state index contributed by atoms with van der Waals surface area (Å²) in [4.78, 5) is 8.17. The van der Waals surface area contributed by atoms with E-state index >= 15 is 0 Å². The Balaban J connectivity index is 0.000000173. The molecule has 0 N–H and O–H groups in total. The van der Waals surface area contributed by atoms with Gasteiger partial charge >= 0.3 is 0 Å². The molecule has 26 heavy (non-hydrogen) atoms. The van der Waals surface area contributed by atoms with Crippen molar-refractivity contribution in [1.29, 1.82) is 0 Å². The van der Waals surface area contributed by atoms with Crippen molar-refractivity contribution in [2.24, 2.45) is 0 Å². The van der Waals surface area contributed by atoms with Crippen LogP contribution in [0.1, 0.15) is 44.7 Å². The van der Waals surface area contributed by atoms with Gasteiger partial charge in [-0.15, -0.1) is 0 Å². The van der Waals surface area contributed by atoms with Gasteiger partial charge < -0.3 is 0 Å². The number of hydrogen-bond acceptors (Lipinski definition) is 3. The van der Waals surface area contributed by atoms with Crippen molar-refractivity contribution in [1.82, 2.24) is 19.6 Å². The molecule has 0 amide bonds. The van der Waals surface area contributed by atoms with E-state index in [2.05, 4.69) is 41.9 Å². The average molecular weight is 352 g/mol. The molecule has 4 aromatic rings. The van der Waals surface area contributed by atoms with Crippen LogP contribution in [0.4, 0.5) is 4.39 Å². The van der Waals surface area contributed by atoms with Gasteiger partial charge in [-0.1, -0.05) is 45.9 Å². The number of pyridine rings is 2. The largest absolute Gasteiger partial charge is 0.256 e. The van der Waals surface area contributed by atoms with E-state index in [4.69, 9.17) is 0 Å². The third kappa shape index (κ3) is 4.42. The van der Waals surface area contributed by atoms with Gasteiger partial charge in [-0.05, 0) is 42.2 Å². The molecule has 0 fully saturated rings. The fourth-order valence-corrected chi connectivity index (χ4v) is 2.50. The molecular formula is C21H25FN4. The minimum atomic E-state index is -0.212. The van der Waals surface area contributed by atoms with Crippen molar-refractivity contribution in [3.05, 3.63) is 72.1 Å².